The molecular formula is C15H18BrNOS. The highest BCUT2D eigenvalue weighted by molar-refractivity contribution is 9.10. The second-order valence-corrected chi connectivity index (χ2v) is 6.82. The minimum absolute atomic E-state index is 0.895. The van der Waals surface area contributed by atoms with Crippen LogP contribution in [0.3, 0.4) is 0 Å². The second-order valence-electron chi connectivity index (χ2n) is 4.89. The molecule has 2 aromatic rings. The maximum absolute atomic E-state index is 5.38. The van der Waals surface area contributed by atoms with E-state index in [-0.39, 0.29) is 0 Å². The number of rotatable bonds is 4. The Bertz CT molecular complexity index is 548. The van der Waals surface area contributed by atoms with Crippen LogP contribution in [-0.2, 0) is 11.2 Å². The number of hydrogen-bond acceptors (Lipinski definition) is 3. The first-order chi connectivity index (χ1) is 9.34. The molecule has 2 heterocycles. The molecular weight excluding hydrogens is 322 g/mol. The van der Waals surface area contributed by atoms with Gasteiger partial charge < -0.3 is 4.74 Å². The van der Waals surface area contributed by atoms with Crippen molar-refractivity contribution in [3.05, 3.63) is 33.6 Å². The molecule has 1 aromatic carbocycles. The van der Waals surface area contributed by atoms with Crippen LogP contribution in [0.1, 0.15) is 11.3 Å². The van der Waals surface area contributed by atoms with Gasteiger partial charge in [-0.2, -0.15) is 0 Å². The van der Waals surface area contributed by atoms with Crippen LogP contribution in [0.2, 0.25) is 0 Å². The van der Waals surface area contributed by atoms with Crippen LogP contribution in [0.4, 0.5) is 0 Å². The Kier molecular flexibility index (Phi) is 4.53. The summed E-state index contributed by atoms with van der Waals surface area (Å²) in [5.41, 5.74) is 0. The Morgan fingerprint density at radius 3 is 2.79 bits per heavy atom. The number of fused-ring (bicyclic) bond motifs is 1. The van der Waals surface area contributed by atoms with Crippen molar-refractivity contribution in [2.24, 2.45) is 0 Å². The zero-order valence-corrected chi connectivity index (χ0v) is 13.3. The van der Waals surface area contributed by atoms with Crippen molar-refractivity contribution in [2.45, 2.75) is 12.8 Å². The summed E-state index contributed by atoms with van der Waals surface area (Å²) in [5.74, 6) is 0. The van der Waals surface area contributed by atoms with Gasteiger partial charge in [0.15, 0.2) is 0 Å². The molecule has 0 spiro atoms. The van der Waals surface area contributed by atoms with Crippen LogP contribution in [0.25, 0.3) is 10.1 Å². The van der Waals surface area contributed by atoms with Gasteiger partial charge in [-0.15, -0.1) is 11.3 Å². The zero-order valence-electron chi connectivity index (χ0n) is 10.9. The van der Waals surface area contributed by atoms with Crippen LogP contribution in [0, 0.1) is 0 Å². The number of aryl methyl sites for hydroxylation is 1. The van der Waals surface area contributed by atoms with Crippen molar-refractivity contribution in [3.8, 4) is 0 Å². The van der Waals surface area contributed by atoms with E-state index in [1.54, 1.807) is 0 Å². The van der Waals surface area contributed by atoms with E-state index in [9.17, 15) is 0 Å². The number of ether oxygens (including phenoxy) is 1. The van der Waals surface area contributed by atoms with E-state index in [0.717, 1.165) is 32.7 Å². The van der Waals surface area contributed by atoms with E-state index in [0.29, 0.717) is 0 Å². The van der Waals surface area contributed by atoms with Crippen molar-refractivity contribution in [1.29, 1.82) is 0 Å². The maximum Gasteiger partial charge on any atom is 0.0594 e. The molecule has 102 valence electrons. The van der Waals surface area contributed by atoms with Gasteiger partial charge in [-0.25, -0.2) is 0 Å². The van der Waals surface area contributed by atoms with E-state index in [1.807, 2.05) is 11.3 Å². The maximum atomic E-state index is 5.38. The molecule has 0 unspecified atom stereocenters. The van der Waals surface area contributed by atoms with Gasteiger partial charge >= 0.3 is 0 Å². The summed E-state index contributed by atoms with van der Waals surface area (Å²) in [7, 11) is 0. The summed E-state index contributed by atoms with van der Waals surface area (Å²) in [4.78, 5) is 3.99. The predicted molar refractivity (Wildman–Crippen MR) is 85.1 cm³/mol. The molecule has 1 aromatic heterocycles. The molecule has 1 aliphatic rings. The minimum atomic E-state index is 0.895. The van der Waals surface area contributed by atoms with Crippen LogP contribution in [0.5, 0.6) is 0 Å². The summed E-state index contributed by atoms with van der Waals surface area (Å²) in [6.07, 6.45) is 2.39. The van der Waals surface area contributed by atoms with Crippen LogP contribution < -0.4 is 0 Å². The molecule has 0 atom stereocenters. The normalized spacial score (nSPS) is 17.1. The summed E-state index contributed by atoms with van der Waals surface area (Å²) in [6.45, 7) is 5.16. The van der Waals surface area contributed by atoms with Gasteiger partial charge in [0.05, 0.1) is 13.2 Å². The predicted octanol–water partition coefficient (Wildman–Crippen LogP) is 3.93. The fourth-order valence-electron chi connectivity index (χ4n) is 2.51. The van der Waals surface area contributed by atoms with Crippen molar-refractivity contribution in [2.75, 3.05) is 32.8 Å². The quantitative estimate of drug-likeness (QED) is 0.836. The summed E-state index contributed by atoms with van der Waals surface area (Å²) >= 11 is 5.68. The molecule has 4 heteroatoms. The summed E-state index contributed by atoms with van der Waals surface area (Å²) in [5, 5.41) is 1.36. The first-order valence-electron chi connectivity index (χ1n) is 6.80. The standard InChI is InChI=1S/C15H18BrNOS/c16-15-12-4-1-2-5-13(12)19-14(15)6-3-7-17-8-10-18-11-9-17/h1-2,4-5H,3,6-11H2. The minimum Gasteiger partial charge on any atom is -0.379 e. The van der Waals surface area contributed by atoms with Crippen molar-refractivity contribution in [3.63, 3.8) is 0 Å². The molecule has 0 saturated carbocycles. The topological polar surface area (TPSA) is 12.5 Å². The fourth-order valence-corrected chi connectivity index (χ4v) is 4.57. The third-order valence-electron chi connectivity index (χ3n) is 3.58. The zero-order chi connectivity index (χ0) is 13.1. The first-order valence-corrected chi connectivity index (χ1v) is 8.41. The van der Waals surface area contributed by atoms with Gasteiger partial charge in [-0.1, -0.05) is 18.2 Å². The Labute approximate surface area is 126 Å². The van der Waals surface area contributed by atoms with Crippen LogP contribution >= 0.6 is 27.3 Å². The Morgan fingerprint density at radius 2 is 2.00 bits per heavy atom. The van der Waals surface area contributed by atoms with Gasteiger partial charge in [0.25, 0.3) is 0 Å². The molecule has 1 saturated heterocycles. The van der Waals surface area contributed by atoms with Crippen LogP contribution in [-0.4, -0.2) is 37.7 Å². The van der Waals surface area contributed by atoms with E-state index in [1.165, 1.54) is 32.4 Å². The van der Waals surface area contributed by atoms with Gasteiger partial charge in [0.1, 0.15) is 0 Å². The second kappa shape index (κ2) is 6.35. The van der Waals surface area contributed by atoms with Crippen molar-refractivity contribution in [1.82, 2.24) is 4.90 Å². The molecule has 0 amide bonds. The lowest BCUT2D eigenvalue weighted by molar-refractivity contribution is 0.0375. The first kappa shape index (κ1) is 13.6. The fraction of sp³-hybridized carbons (Fsp3) is 0.467. The largest absolute Gasteiger partial charge is 0.379 e. The van der Waals surface area contributed by atoms with Crippen molar-refractivity contribution >= 4 is 37.4 Å². The Balaban J connectivity index is 1.60. The van der Waals surface area contributed by atoms with Gasteiger partial charge in [0, 0.05) is 32.5 Å². The Morgan fingerprint density at radius 1 is 1.21 bits per heavy atom. The van der Waals surface area contributed by atoms with E-state index in [2.05, 4.69) is 45.1 Å². The number of morpholine rings is 1. The molecule has 19 heavy (non-hydrogen) atoms. The molecule has 3 rings (SSSR count). The van der Waals surface area contributed by atoms with Crippen LogP contribution in [0.15, 0.2) is 28.7 Å². The molecule has 0 radical (unpaired) electrons. The van der Waals surface area contributed by atoms with Crippen molar-refractivity contribution < 1.29 is 4.74 Å². The lowest BCUT2D eigenvalue weighted by Gasteiger charge is -2.26. The summed E-state index contributed by atoms with van der Waals surface area (Å²) in [6, 6.07) is 8.62. The number of hydrogen-bond donors (Lipinski definition) is 0. The van der Waals surface area contributed by atoms with E-state index < -0.39 is 0 Å². The molecule has 1 aliphatic heterocycles. The highest BCUT2D eigenvalue weighted by Crippen LogP contribution is 2.36. The third kappa shape index (κ3) is 3.19. The number of thiophene rings is 1. The highest BCUT2D eigenvalue weighted by Gasteiger charge is 2.12. The third-order valence-corrected chi connectivity index (χ3v) is 5.98. The molecule has 0 N–H and O–H groups in total. The highest BCUT2D eigenvalue weighted by atomic mass is 79.9. The average Bonchev–Trinajstić information content (AvgIpc) is 2.78. The number of benzene rings is 1. The lowest BCUT2D eigenvalue weighted by Crippen LogP contribution is -2.36. The van der Waals surface area contributed by atoms with Gasteiger partial charge in [-0.05, 0) is 41.4 Å². The van der Waals surface area contributed by atoms with Gasteiger partial charge in [-0.3, -0.25) is 4.90 Å². The number of nitrogens with zero attached hydrogens (tertiary/aromatic N) is 1. The van der Waals surface area contributed by atoms with E-state index in [4.69, 9.17) is 4.74 Å². The van der Waals surface area contributed by atoms with E-state index >= 15 is 0 Å². The molecule has 0 aliphatic carbocycles. The molecule has 0 bridgehead atoms. The van der Waals surface area contributed by atoms with Gasteiger partial charge in [0.2, 0.25) is 0 Å². The lowest BCUT2D eigenvalue weighted by atomic mass is 10.2. The summed E-state index contributed by atoms with van der Waals surface area (Å²) < 4.78 is 8.06. The number of halogens is 1. The average molecular weight is 340 g/mol. The Hall–Kier alpha value is -0.420. The molecule has 1 fully saturated rings. The SMILES string of the molecule is Brc1c(CCCN2CCOCC2)sc2ccccc12. The smallest absolute Gasteiger partial charge is 0.0594 e. The monoisotopic (exact) mass is 339 g/mol. The molecule has 2 nitrogen and oxygen atoms in total.